The SMILES string of the molecule is CN(C)CCn1cc([C@@H]2O[C@H](CO)C(O)C2O)c(=O)[nH]c1=O. The highest BCUT2D eigenvalue weighted by molar-refractivity contribution is 5.14. The van der Waals surface area contributed by atoms with E-state index < -0.39 is 42.3 Å². The fourth-order valence-corrected chi connectivity index (χ4v) is 2.36. The van der Waals surface area contributed by atoms with Crippen LogP contribution in [0.3, 0.4) is 0 Å². The monoisotopic (exact) mass is 315 g/mol. The van der Waals surface area contributed by atoms with Crippen LogP contribution in [0.4, 0.5) is 0 Å². The maximum atomic E-state index is 12.0. The largest absolute Gasteiger partial charge is 0.394 e. The maximum Gasteiger partial charge on any atom is 0.328 e. The van der Waals surface area contributed by atoms with Crippen LogP contribution in [0.25, 0.3) is 0 Å². The lowest BCUT2D eigenvalue weighted by molar-refractivity contribution is -0.0233. The van der Waals surface area contributed by atoms with E-state index in [4.69, 9.17) is 9.84 Å². The van der Waals surface area contributed by atoms with Crippen LogP contribution < -0.4 is 11.2 Å². The Hall–Kier alpha value is -1.52. The van der Waals surface area contributed by atoms with Gasteiger partial charge in [0.15, 0.2) is 0 Å². The van der Waals surface area contributed by atoms with E-state index >= 15 is 0 Å². The third-order valence-corrected chi connectivity index (χ3v) is 3.68. The van der Waals surface area contributed by atoms with Gasteiger partial charge in [0.2, 0.25) is 0 Å². The number of nitrogens with one attached hydrogen (secondary N) is 1. The maximum absolute atomic E-state index is 12.0. The zero-order valence-corrected chi connectivity index (χ0v) is 12.5. The summed E-state index contributed by atoms with van der Waals surface area (Å²) in [5.41, 5.74) is -1.19. The molecule has 1 aliphatic rings. The van der Waals surface area contributed by atoms with Gasteiger partial charge in [-0.25, -0.2) is 4.79 Å². The highest BCUT2D eigenvalue weighted by Crippen LogP contribution is 2.31. The molecular weight excluding hydrogens is 294 g/mol. The number of H-pyrrole nitrogens is 1. The number of nitrogens with zero attached hydrogens (tertiary/aromatic N) is 2. The van der Waals surface area contributed by atoms with Crippen LogP contribution in [0.1, 0.15) is 11.7 Å². The van der Waals surface area contributed by atoms with Gasteiger partial charge in [-0.15, -0.1) is 0 Å². The Morgan fingerprint density at radius 2 is 2.00 bits per heavy atom. The number of likely N-dealkylation sites (N-methyl/N-ethyl adjacent to an activating group) is 1. The van der Waals surface area contributed by atoms with Gasteiger partial charge in [0, 0.05) is 19.3 Å². The molecule has 4 N–H and O–H groups in total. The molecule has 2 rings (SSSR count). The normalized spacial score (nSPS) is 28.5. The predicted octanol–water partition coefficient (Wildman–Crippen LogP) is -2.75. The summed E-state index contributed by atoms with van der Waals surface area (Å²) < 4.78 is 6.64. The van der Waals surface area contributed by atoms with Crippen LogP contribution in [-0.2, 0) is 11.3 Å². The van der Waals surface area contributed by atoms with Crippen molar-refractivity contribution in [3.8, 4) is 0 Å². The zero-order valence-electron chi connectivity index (χ0n) is 12.5. The van der Waals surface area contributed by atoms with Crippen molar-refractivity contribution in [3.63, 3.8) is 0 Å². The summed E-state index contributed by atoms with van der Waals surface area (Å²) in [4.78, 5) is 27.8. The van der Waals surface area contributed by atoms with Crippen LogP contribution in [0.15, 0.2) is 15.8 Å². The molecule has 9 nitrogen and oxygen atoms in total. The van der Waals surface area contributed by atoms with Gasteiger partial charge in [-0.3, -0.25) is 14.3 Å². The third kappa shape index (κ3) is 3.28. The van der Waals surface area contributed by atoms with Crippen molar-refractivity contribution in [1.82, 2.24) is 14.5 Å². The lowest BCUT2D eigenvalue weighted by Gasteiger charge is -2.16. The predicted molar refractivity (Wildman–Crippen MR) is 76.6 cm³/mol. The molecule has 0 saturated carbocycles. The Morgan fingerprint density at radius 3 is 2.55 bits per heavy atom. The second-order valence-corrected chi connectivity index (χ2v) is 5.60. The lowest BCUT2D eigenvalue weighted by Crippen LogP contribution is -2.37. The van der Waals surface area contributed by atoms with E-state index in [1.165, 1.54) is 10.8 Å². The Labute approximate surface area is 126 Å². The molecule has 0 radical (unpaired) electrons. The molecule has 0 amide bonds. The molecule has 1 fully saturated rings. The lowest BCUT2D eigenvalue weighted by atomic mass is 10.0. The Morgan fingerprint density at radius 1 is 1.32 bits per heavy atom. The minimum Gasteiger partial charge on any atom is -0.394 e. The first kappa shape index (κ1) is 16.8. The molecule has 1 aromatic rings. The Balaban J connectivity index is 2.33. The average Bonchev–Trinajstić information content (AvgIpc) is 2.74. The van der Waals surface area contributed by atoms with Gasteiger partial charge in [-0.1, -0.05) is 0 Å². The summed E-state index contributed by atoms with van der Waals surface area (Å²) in [7, 11) is 3.70. The molecule has 22 heavy (non-hydrogen) atoms. The summed E-state index contributed by atoms with van der Waals surface area (Å²) >= 11 is 0. The van der Waals surface area contributed by atoms with Gasteiger partial charge in [-0.2, -0.15) is 0 Å². The van der Waals surface area contributed by atoms with Crippen molar-refractivity contribution >= 4 is 0 Å². The molecule has 1 aromatic heterocycles. The van der Waals surface area contributed by atoms with Gasteiger partial charge < -0.3 is 25.0 Å². The third-order valence-electron chi connectivity index (χ3n) is 3.68. The summed E-state index contributed by atoms with van der Waals surface area (Å²) in [5, 5.41) is 28.8. The summed E-state index contributed by atoms with van der Waals surface area (Å²) in [6.45, 7) is 0.457. The highest BCUT2D eigenvalue weighted by atomic mass is 16.6. The molecule has 1 saturated heterocycles. The van der Waals surface area contributed by atoms with Gasteiger partial charge in [0.05, 0.1) is 12.2 Å². The van der Waals surface area contributed by atoms with Crippen LogP contribution in [0.5, 0.6) is 0 Å². The Kier molecular flexibility index (Phi) is 5.14. The minimum atomic E-state index is -1.35. The molecule has 0 bridgehead atoms. The number of hydrogen-bond donors (Lipinski definition) is 4. The molecule has 9 heteroatoms. The molecule has 0 aromatic carbocycles. The summed E-state index contributed by atoms with van der Waals surface area (Å²) in [6, 6.07) is 0. The summed E-state index contributed by atoms with van der Waals surface area (Å²) in [5.74, 6) is 0. The van der Waals surface area contributed by atoms with E-state index in [9.17, 15) is 19.8 Å². The van der Waals surface area contributed by atoms with Crippen molar-refractivity contribution in [2.45, 2.75) is 31.0 Å². The van der Waals surface area contributed by atoms with Gasteiger partial charge in [-0.05, 0) is 14.1 Å². The van der Waals surface area contributed by atoms with E-state index in [2.05, 4.69) is 4.98 Å². The van der Waals surface area contributed by atoms with Crippen LogP contribution >= 0.6 is 0 Å². The first-order valence-electron chi connectivity index (χ1n) is 6.96. The molecule has 0 spiro atoms. The van der Waals surface area contributed by atoms with Crippen molar-refractivity contribution in [2.75, 3.05) is 27.2 Å². The topological polar surface area (TPSA) is 128 Å². The summed E-state index contributed by atoms with van der Waals surface area (Å²) in [6.07, 6.45) is -3.39. The van der Waals surface area contributed by atoms with Crippen LogP contribution in [0, 0.1) is 0 Å². The molecule has 124 valence electrons. The van der Waals surface area contributed by atoms with Gasteiger partial charge >= 0.3 is 5.69 Å². The minimum absolute atomic E-state index is 0.0425. The van der Waals surface area contributed by atoms with Crippen molar-refractivity contribution < 1.29 is 20.1 Å². The number of ether oxygens (including phenoxy) is 1. The van der Waals surface area contributed by atoms with Crippen LogP contribution in [-0.4, -0.2) is 75.3 Å². The smallest absolute Gasteiger partial charge is 0.328 e. The van der Waals surface area contributed by atoms with E-state index in [-0.39, 0.29) is 5.56 Å². The molecule has 4 atom stereocenters. The van der Waals surface area contributed by atoms with Crippen molar-refractivity contribution in [3.05, 3.63) is 32.6 Å². The highest BCUT2D eigenvalue weighted by Gasteiger charge is 2.44. The molecule has 0 aliphatic carbocycles. The molecule has 2 unspecified atom stereocenters. The van der Waals surface area contributed by atoms with E-state index in [0.717, 1.165) is 0 Å². The van der Waals surface area contributed by atoms with Crippen LogP contribution in [0.2, 0.25) is 0 Å². The average molecular weight is 315 g/mol. The van der Waals surface area contributed by atoms with E-state index in [0.29, 0.717) is 13.1 Å². The van der Waals surface area contributed by atoms with Crippen molar-refractivity contribution in [1.29, 1.82) is 0 Å². The fourth-order valence-electron chi connectivity index (χ4n) is 2.36. The zero-order chi connectivity index (χ0) is 16.4. The second kappa shape index (κ2) is 6.71. The number of aliphatic hydroxyl groups excluding tert-OH is 3. The first-order valence-corrected chi connectivity index (χ1v) is 6.96. The van der Waals surface area contributed by atoms with Gasteiger partial charge in [0.1, 0.15) is 24.4 Å². The standard InChI is InChI=1S/C13H21N3O6/c1-15(2)3-4-16-5-7(12(20)14-13(16)21)11-10(19)9(18)8(6-17)22-11/h5,8-11,17-19H,3-4,6H2,1-2H3,(H,14,20,21)/t8-,9?,10?,11+/m1/s1. The van der Waals surface area contributed by atoms with E-state index in [1.54, 1.807) is 0 Å². The van der Waals surface area contributed by atoms with Crippen molar-refractivity contribution in [2.24, 2.45) is 0 Å². The number of hydrogen-bond acceptors (Lipinski definition) is 7. The molecule has 2 heterocycles. The number of aromatic amines is 1. The first-order chi connectivity index (χ1) is 10.3. The number of aromatic nitrogens is 2. The van der Waals surface area contributed by atoms with E-state index in [1.807, 2.05) is 19.0 Å². The quantitative estimate of drug-likeness (QED) is 0.464. The number of rotatable bonds is 5. The van der Waals surface area contributed by atoms with Gasteiger partial charge in [0.25, 0.3) is 5.56 Å². The number of aliphatic hydroxyl groups is 3. The Bertz CT molecular complexity index is 625. The molecule has 1 aliphatic heterocycles. The molecular formula is C13H21N3O6. The second-order valence-electron chi connectivity index (χ2n) is 5.60. The fraction of sp³-hybridized carbons (Fsp3) is 0.692.